The van der Waals surface area contributed by atoms with Crippen LogP contribution in [0.25, 0.3) is 5.69 Å². The lowest BCUT2D eigenvalue weighted by molar-refractivity contribution is 0.0782. The molecule has 0 N–H and O–H groups in total. The van der Waals surface area contributed by atoms with Gasteiger partial charge in [-0.05, 0) is 39.0 Å². The molecule has 3 aromatic rings. The number of benzene rings is 1. The van der Waals surface area contributed by atoms with Gasteiger partial charge in [0.25, 0.3) is 5.91 Å². The van der Waals surface area contributed by atoms with Crippen molar-refractivity contribution in [1.29, 1.82) is 0 Å². The Labute approximate surface area is 175 Å². The SMILES string of the molecule is Cc1ccc(-n2nccn2)c(C(=O)N2C[C@@H]3CN(c4nc(C)cc(C)n4)C[C@@H]3C2)c1. The first-order valence-electron chi connectivity index (χ1n) is 10.3. The van der Waals surface area contributed by atoms with Gasteiger partial charge in [0.05, 0.1) is 23.6 Å². The van der Waals surface area contributed by atoms with Gasteiger partial charge >= 0.3 is 0 Å². The molecule has 2 aliphatic heterocycles. The summed E-state index contributed by atoms with van der Waals surface area (Å²) in [5.74, 6) is 1.74. The molecule has 30 heavy (non-hydrogen) atoms. The summed E-state index contributed by atoms with van der Waals surface area (Å²) in [6.07, 6.45) is 3.25. The molecular formula is C22H25N7O. The van der Waals surface area contributed by atoms with Crippen molar-refractivity contribution in [3.8, 4) is 5.69 Å². The molecule has 2 aliphatic rings. The van der Waals surface area contributed by atoms with E-state index in [9.17, 15) is 4.79 Å². The van der Waals surface area contributed by atoms with E-state index in [1.54, 1.807) is 12.4 Å². The molecule has 0 radical (unpaired) electrons. The van der Waals surface area contributed by atoms with Crippen LogP contribution in [-0.2, 0) is 0 Å². The van der Waals surface area contributed by atoms with Crippen LogP contribution in [0.3, 0.4) is 0 Å². The van der Waals surface area contributed by atoms with Crippen LogP contribution >= 0.6 is 0 Å². The fourth-order valence-electron chi connectivity index (χ4n) is 4.68. The highest BCUT2D eigenvalue weighted by Crippen LogP contribution is 2.34. The summed E-state index contributed by atoms with van der Waals surface area (Å²) in [5.41, 5.74) is 4.40. The Balaban J connectivity index is 1.34. The van der Waals surface area contributed by atoms with Gasteiger partial charge in [0, 0.05) is 49.4 Å². The third-order valence-corrected chi connectivity index (χ3v) is 6.04. The minimum absolute atomic E-state index is 0.0506. The summed E-state index contributed by atoms with van der Waals surface area (Å²) in [4.78, 5) is 28.4. The molecule has 0 bridgehead atoms. The van der Waals surface area contributed by atoms with Crippen molar-refractivity contribution in [3.63, 3.8) is 0 Å². The van der Waals surface area contributed by atoms with Gasteiger partial charge < -0.3 is 9.80 Å². The number of anilines is 1. The zero-order valence-corrected chi connectivity index (χ0v) is 17.5. The Morgan fingerprint density at radius 3 is 2.17 bits per heavy atom. The average molecular weight is 403 g/mol. The summed E-state index contributed by atoms with van der Waals surface area (Å²) in [7, 11) is 0. The normalized spacial score (nSPS) is 20.6. The van der Waals surface area contributed by atoms with Crippen LogP contribution in [-0.4, -0.2) is 61.9 Å². The number of likely N-dealkylation sites (tertiary alicyclic amines) is 1. The van der Waals surface area contributed by atoms with Crippen LogP contribution in [0.2, 0.25) is 0 Å². The van der Waals surface area contributed by atoms with Gasteiger partial charge in [-0.2, -0.15) is 15.0 Å². The van der Waals surface area contributed by atoms with Crippen LogP contribution < -0.4 is 4.90 Å². The number of carbonyl (C=O) groups is 1. The standard InChI is InChI=1S/C22H25N7O/c1-14-4-5-20(29-23-6-7-24-29)19(8-14)21(30)27-10-17-12-28(13-18(17)11-27)22-25-15(2)9-16(3)26-22/h4-9,17-18H,10-13H2,1-3H3/t17-,18+. The van der Waals surface area contributed by atoms with Crippen molar-refractivity contribution in [2.75, 3.05) is 31.1 Å². The smallest absolute Gasteiger partial charge is 0.256 e. The number of aromatic nitrogens is 5. The molecule has 2 fully saturated rings. The second kappa shape index (κ2) is 7.19. The van der Waals surface area contributed by atoms with Gasteiger partial charge in [-0.3, -0.25) is 4.79 Å². The zero-order chi connectivity index (χ0) is 20.8. The molecule has 1 amide bonds. The first-order valence-corrected chi connectivity index (χ1v) is 10.3. The van der Waals surface area contributed by atoms with Gasteiger partial charge in [-0.1, -0.05) is 11.6 Å². The fourth-order valence-corrected chi connectivity index (χ4v) is 4.68. The maximum Gasteiger partial charge on any atom is 0.256 e. The Morgan fingerprint density at radius 2 is 1.53 bits per heavy atom. The van der Waals surface area contributed by atoms with Gasteiger partial charge in [-0.25, -0.2) is 9.97 Å². The molecule has 8 nitrogen and oxygen atoms in total. The molecular weight excluding hydrogens is 378 g/mol. The van der Waals surface area contributed by atoms with Crippen LogP contribution in [0, 0.1) is 32.6 Å². The molecule has 2 aromatic heterocycles. The van der Waals surface area contributed by atoms with E-state index in [-0.39, 0.29) is 5.91 Å². The molecule has 0 saturated carbocycles. The van der Waals surface area contributed by atoms with Crippen molar-refractivity contribution >= 4 is 11.9 Å². The van der Waals surface area contributed by atoms with Crippen molar-refractivity contribution in [2.24, 2.45) is 11.8 Å². The number of aryl methyl sites for hydroxylation is 3. The van der Waals surface area contributed by atoms with Crippen LogP contribution in [0.15, 0.2) is 36.7 Å². The Morgan fingerprint density at radius 1 is 0.900 bits per heavy atom. The molecule has 1 aromatic carbocycles. The maximum absolute atomic E-state index is 13.4. The van der Waals surface area contributed by atoms with Gasteiger partial charge in [-0.15, -0.1) is 0 Å². The first kappa shape index (κ1) is 18.7. The van der Waals surface area contributed by atoms with E-state index >= 15 is 0 Å². The fraction of sp³-hybridized carbons (Fsp3) is 0.409. The summed E-state index contributed by atoms with van der Waals surface area (Å²) in [6.45, 7) is 9.29. The van der Waals surface area contributed by atoms with Crippen LogP contribution in [0.1, 0.15) is 27.3 Å². The van der Waals surface area contributed by atoms with E-state index in [4.69, 9.17) is 0 Å². The lowest BCUT2D eigenvalue weighted by Gasteiger charge is -2.23. The van der Waals surface area contributed by atoms with Crippen LogP contribution in [0.5, 0.6) is 0 Å². The molecule has 2 atom stereocenters. The van der Waals surface area contributed by atoms with E-state index in [0.717, 1.165) is 54.8 Å². The summed E-state index contributed by atoms with van der Waals surface area (Å²) in [6, 6.07) is 7.83. The predicted octanol–water partition coefficient (Wildman–Crippen LogP) is 2.19. The summed E-state index contributed by atoms with van der Waals surface area (Å²) >= 11 is 0. The molecule has 0 spiro atoms. The van der Waals surface area contributed by atoms with E-state index in [0.29, 0.717) is 17.4 Å². The topological polar surface area (TPSA) is 80.0 Å². The molecule has 5 rings (SSSR count). The lowest BCUT2D eigenvalue weighted by atomic mass is 10.0. The minimum atomic E-state index is 0.0506. The number of carbonyl (C=O) groups excluding carboxylic acids is 1. The highest BCUT2D eigenvalue weighted by molar-refractivity contribution is 5.98. The van der Waals surface area contributed by atoms with Crippen molar-refractivity contribution in [1.82, 2.24) is 29.9 Å². The van der Waals surface area contributed by atoms with Gasteiger partial charge in [0.1, 0.15) is 0 Å². The quantitative estimate of drug-likeness (QED) is 0.667. The number of rotatable bonds is 3. The summed E-state index contributed by atoms with van der Waals surface area (Å²) < 4.78 is 0. The molecule has 8 heteroatoms. The van der Waals surface area contributed by atoms with E-state index in [2.05, 4.69) is 25.1 Å². The molecule has 4 heterocycles. The highest BCUT2D eigenvalue weighted by Gasteiger charge is 2.43. The van der Waals surface area contributed by atoms with Crippen LogP contribution in [0.4, 0.5) is 5.95 Å². The third-order valence-electron chi connectivity index (χ3n) is 6.04. The number of fused-ring (bicyclic) bond motifs is 1. The minimum Gasteiger partial charge on any atom is -0.340 e. The highest BCUT2D eigenvalue weighted by atomic mass is 16.2. The van der Waals surface area contributed by atoms with E-state index < -0.39 is 0 Å². The molecule has 154 valence electrons. The number of amides is 1. The van der Waals surface area contributed by atoms with E-state index in [1.165, 1.54) is 4.80 Å². The number of hydrogen-bond acceptors (Lipinski definition) is 6. The zero-order valence-electron chi connectivity index (χ0n) is 17.5. The van der Waals surface area contributed by atoms with Gasteiger partial charge in [0.2, 0.25) is 5.95 Å². The largest absolute Gasteiger partial charge is 0.340 e. The first-order chi connectivity index (χ1) is 14.5. The van der Waals surface area contributed by atoms with Crippen molar-refractivity contribution < 1.29 is 4.79 Å². The van der Waals surface area contributed by atoms with Gasteiger partial charge in [0.15, 0.2) is 0 Å². The second-order valence-corrected chi connectivity index (χ2v) is 8.43. The van der Waals surface area contributed by atoms with E-state index in [1.807, 2.05) is 49.9 Å². The summed E-state index contributed by atoms with van der Waals surface area (Å²) in [5, 5.41) is 8.43. The van der Waals surface area contributed by atoms with Crippen molar-refractivity contribution in [2.45, 2.75) is 20.8 Å². The molecule has 0 unspecified atom stereocenters. The van der Waals surface area contributed by atoms with Crippen molar-refractivity contribution in [3.05, 3.63) is 59.2 Å². The molecule has 0 aliphatic carbocycles. The second-order valence-electron chi connectivity index (χ2n) is 8.43. The average Bonchev–Trinajstić information content (AvgIpc) is 3.43. The molecule has 2 saturated heterocycles. The lowest BCUT2D eigenvalue weighted by Crippen LogP contribution is -2.34. The number of hydrogen-bond donors (Lipinski definition) is 0. The predicted molar refractivity (Wildman–Crippen MR) is 113 cm³/mol. The Bertz CT molecular complexity index is 1060. The third kappa shape index (κ3) is 3.32. The maximum atomic E-state index is 13.4. The monoisotopic (exact) mass is 403 g/mol. The Kier molecular flexibility index (Phi) is 4.49. The number of nitrogens with zero attached hydrogens (tertiary/aromatic N) is 7. The Hall–Kier alpha value is -3.29.